The Hall–Kier alpha value is -1.70. The second-order valence-corrected chi connectivity index (χ2v) is 9.72. The third-order valence-electron chi connectivity index (χ3n) is 4.37. The van der Waals surface area contributed by atoms with Crippen molar-refractivity contribution < 1.29 is 13.2 Å². The Balaban J connectivity index is 1.63. The Morgan fingerprint density at radius 1 is 1.24 bits per heavy atom. The van der Waals surface area contributed by atoms with Gasteiger partial charge in [-0.1, -0.05) is 30.3 Å². The minimum atomic E-state index is -3.50. The Kier molecular flexibility index (Phi) is 5.56. The van der Waals surface area contributed by atoms with Crippen LogP contribution in [0.5, 0.6) is 0 Å². The minimum absolute atomic E-state index is 0.0777. The predicted octanol–water partition coefficient (Wildman–Crippen LogP) is 2.77. The van der Waals surface area contributed by atoms with Gasteiger partial charge in [0.2, 0.25) is 5.91 Å². The van der Waals surface area contributed by atoms with Crippen molar-refractivity contribution in [2.45, 2.75) is 30.5 Å². The van der Waals surface area contributed by atoms with Crippen molar-refractivity contribution in [3.05, 3.63) is 52.9 Å². The van der Waals surface area contributed by atoms with E-state index >= 15 is 0 Å². The first-order valence-electron chi connectivity index (χ1n) is 8.35. The molecule has 1 aliphatic heterocycles. The van der Waals surface area contributed by atoms with Gasteiger partial charge in [-0.2, -0.15) is 4.31 Å². The lowest BCUT2D eigenvalue weighted by molar-refractivity contribution is -0.126. The Morgan fingerprint density at radius 2 is 2.00 bits per heavy atom. The molecule has 1 aliphatic rings. The summed E-state index contributed by atoms with van der Waals surface area (Å²) >= 11 is 1.28. The number of rotatable bonds is 5. The normalized spacial score (nSPS) is 18.8. The molecule has 2 heterocycles. The lowest BCUT2D eigenvalue weighted by atomic mass is 9.99. The van der Waals surface area contributed by atoms with Crippen LogP contribution < -0.4 is 5.32 Å². The zero-order chi connectivity index (χ0) is 17.9. The molecular weight excluding hydrogens is 356 g/mol. The number of nitrogens with one attached hydrogen (secondary N) is 1. The summed E-state index contributed by atoms with van der Waals surface area (Å²) in [6.45, 7) is 3.08. The van der Waals surface area contributed by atoms with Gasteiger partial charge in [0.1, 0.15) is 4.21 Å². The number of carbonyl (C=O) groups is 1. The highest BCUT2D eigenvalue weighted by atomic mass is 32.2. The molecule has 1 unspecified atom stereocenters. The number of piperidine rings is 1. The number of hydrogen-bond acceptors (Lipinski definition) is 4. The summed E-state index contributed by atoms with van der Waals surface area (Å²) in [5, 5.41) is 2.93. The van der Waals surface area contributed by atoms with Crippen LogP contribution in [0.2, 0.25) is 0 Å². The number of carbonyl (C=O) groups excluding carboxylic acids is 1. The smallest absolute Gasteiger partial charge is 0.252 e. The van der Waals surface area contributed by atoms with Crippen LogP contribution in [0.25, 0.3) is 0 Å². The second-order valence-electron chi connectivity index (χ2n) is 6.27. The maximum Gasteiger partial charge on any atom is 0.252 e. The van der Waals surface area contributed by atoms with Gasteiger partial charge in [0.25, 0.3) is 10.0 Å². The zero-order valence-electron chi connectivity index (χ0n) is 14.1. The predicted molar refractivity (Wildman–Crippen MR) is 98.8 cm³/mol. The summed E-state index contributed by atoms with van der Waals surface area (Å²) in [6, 6.07) is 13.2. The summed E-state index contributed by atoms with van der Waals surface area (Å²) in [4.78, 5) is 13.4. The summed E-state index contributed by atoms with van der Waals surface area (Å²) in [5.74, 6) is -0.376. The molecule has 1 atom stereocenters. The highest BCUT2D eigenvalue weighted by Crippen LogP contribution is 2.28. The van der Waals surface area contributed by atoms with Crippen LogP contribution in [-0.2, 0) is 21.4 Å². The summed E-state index contributed by atoms with van der Waals surface area (Å²) in [5.41, 5.74) is 1.03. The lowest BCUT2D eigenvalue weighted by Crippen LogP contribution is -2.45. The topological polar surface area (TPSA) is 66.5 Å². The van der Waals surface area contributed by atoms with Crippen LogP contribution in [0.15, 0.2) is 46.7 Å². The third-order valence-corrected chi connectivity index (χ3v) is 7.71. The molecule has 0 saturated carbocycles. The van der Waals surface area contributed by atoms with E-state index < -0.39 is 10.0 Å². The molecule has 0 aliphatic carbocycles. The number of nitrogens with zero attached hydrogens (tertiary/aromatic N) is 1. The van der Waals surface area contributed by atoms with E-state index in [1.54, 1.807) is 6.07 Å². The highest BCUT2D eigenvalue weighted by Gasteiger charge is 2.33. The van der Waals surface area contributed by atoms with Crippen molar-refractivity contribution >= 4 is 27.3 Å². The van der Waals surface area contributed by atoms with Gasteiger partial charge in [0.15, 0.2) is 0 Å². The SMILES string of the molecule is Cc1ccc(S(=O)(=O)N2CCCC(C(=O)NCc3ccccc3)C2)s1. The Bertz CT molecular complexity index is 831. The Labute approximate surface area is 152 Å². The van der Waals surface area contributed by atoms with E-state index in [0.29, 0.717) is 23.7 Å². The molecule has 1 fully saturated rings. The fraction of sp³-hybridized carbons (Fsp3) is 0.389. The molecule has 1 saturated heterocycles. The fourth-order valence-corrected chi connectivity index (χ4v) is 5.94. The first kappa shape index (κ1) is 18.1. The van der Waals surface area contributed by atoms with E-state index in [4.69, 9.17) is 0 Å². The van der Waals surface area contributed by atoms with Crippen LogP contribution in [0.4, 0.5) is 0 Å². The molecule has 25 heavy (non-hydrogen) atoms. The molecule has 1 aromatic carbocycles. The molecule has 1 N–H and O–H groups in total. The minimum Gasteiger partial charge on any atom is -0.352 e. The monoisotopic (exact) mass is 378 g/mol. The molecule has 0 spiro atoms. The number of benzene rings is 1. The Morgan fingerprint density at radius 3 is 2.68 bits per heavy atom. The van der Waals surface area contributed by atoms with Gasteiger partial charge in [-0.3, -0.25) is 4.79 Å². The van der Waals surface area contributed by atoms with Gasteiger partial charge in [-0.05, 0) is 37.5 Å². The summed E-state index contributed by atoms with van der Waals surface area (Å²) < 4.78 is 27.3. The van der Waals surface area contributed by atoms with Crippen molar-refractivity contribution in [2.75, 3.05) is 13.1 Å². The highest BCUT2D eigenvalue weighted by molar-refractivity contribution is 7.91. The van der Waals surface area contributed by atoms with Crippen molar-refractivity contribution in [1.82, 2.24) is 9.62 Å². The van der Waals surface area contributed by atoms with Gasteiger partial charge in [-0.15, -0.1) is 11.3 Å². The molecule has 134 valence electrons. The molecule has 7 heteroatoms. The van der Waals surface area contributed by atoms with Gasteiger partial charge in [0, 0.05) is 24.5 Å². The van der Waals surface area contributed by atoms with Crippen LogP contribution >= 0.6 is 11.3 Å². The number of thiophene rings is 1. The van der Waals surface area contributed by atoms with E-state index in [9.17, 15) is 13.2 Å². The van der Waals surface area contributed by atoms with E-state index in [0.717, 1.165) is 16.9 Å². The van der Waals surface area contributed by atoms with Gasteiger partial charge < -0.3 is 5.32 Å². The molecule has 0 radical (unpaired) electrons. The van der Waals surface area contributed by atoms with Crippen molar-refractivity contribution in [3.8, 4) is 0 Å². The lowest BCUT2D eigenvalue weighted by Gasteiger charge is -2.30. The van der Waals surface area contributed by atoms with E-state index in [1.807, 2.05) is 43.3 Å². The molecule has 3 rings (SSSR count). The zero-order valence-corrected chi connectivity index (χ0v) is 15.8. The maximum absolute atomic E-state index is 12.8. The van der Waals surface area contributed by atoms with Crippen molar-refractivity contribution in [3.63, 3.8) is 0 Å². The number of amides is 1. The average Bonchev–Trinajstić information content (AvgIpc) is 3.08. The number of hydrogen-bond donors (Lipinski definition) is 1. The van der Waals surface area contributed by atoms with Crippen LogP contribution in [0.3, 0.4) is 0 Å². The molecule has 2 aromatic rings. The first-order valence-corrected chi connectivity index (χ1v) is 10.6. The van der Waals surface area contributed by atoms with Crippen LogP contribution in [0.1, 0.15) is 23.3 Å². The third kappa shape index (κ3) is 4.29. The molecule has 5 nitrogen and oxygen atoms in total. The average molecular weight is 379 g/mol. The standard InChI is InChI=1S/C18H22N2O3S2/c1-14-9-10-17(24-14)25(22,23)20-11-5-8-16(13-20)18(21)19-12-15-6-3-2-4-7-15/h2-4,6-7,9-10,16H,5,8,11-13H2,1H3,(H,19,21). The molecule has 0 bridgehead atoms. The van der Waals surface area contributed by atoms with Crippen LogP contribution in [0, 0.1) is 12.8 Å². The van der Waals surface area contributed by atoms with Crippen molar-refractivity contribution in [2.24, 2.45) is 5.92 Å². The number of sulfonamides is 1. The number of aryl methyl sites for hydroxylation is 1. The van der Waals surface area contributed by atoms with Gasteiger partial charge in [0.05, 0.1) is 5.92 Å². The maximum atomic E-state index is 12.8. The van der Waals surface area contributed by atoms with E-state index in [2.05, 4.69) is 5.32 Å². The molecule has 1 amide bonds. The van der Waals surface area contributed by atoms with E-state index in [1.165, 1.54) is 15.6 Å². The molecular formula is C18H22N2O3S2. The second kappa shape index (κ2) is 7.68. The molecule has 1 aromatic heterocycles. The van der Waals surface area contributed by atoms with E-state index in [-0.39, 0.29) is 18.4 Å². The van der Waals surface area contributed by atoms with Crippen LogP contribution in [-0.4, -0.2) is 31.7 Å². The largest absolute Gasteiger partial charge is 0.352 e. The fourth-order valence-electron chi connectivity index (χ4n) is 2.98. The first-order chi connectivity index (χ1) is 12.0. The van der Waals surface area contributed by atoms with Gasteiger partial charge >= 0.3 is 0 Å². The van der Waals surface area contributed by atoms with Crippen molar-refractivity contribution in [1.29, 1.82) is 0 Å². The van der Waals surface area contributed by atoms with Gasteiger partial charge in [-0.25, -0.2) is 8.42 Å². The quantitative estimate of drug-likeness (QED) is 0.870. The summed E-state index contributed by atoms with van der Waals surface area (Å²) in [6.07, 6.45) is 1.42. The summed E-state index contributed by atoms with van der Waals surface area (Å²) in [7, 11) is -3.50.